The van der Waals surface area contributed by atoms with Gasteiger partial charge in [-0.2, -0.15) is 0 Å². The second-order valence-electron chi connectivity index (χ2n) is 18.3. The van der Waals surface area contributed by atoms with Crippen molar-refractivity contribution in [1.82, 2.24) is 16.0 Å². The number of ketones is 3. The molecule has 0 aromatic heterocycles. The number of benzene rings is 4. The van der Waals surface area contributed by atoms with Crippen LogP contribution in [0, 0.1) is 0 Å². The fraction of sp³-hybridized carbons (Fsp3) is 0.404. The van der Waals surface area contributed by atoms with Crippen LogP contribution in [0.1, 0.15) is 106 Å². The van der Waals surface area contributed by atoms with E-state index in [-0.39, 0.29) is 53.9 Å². The molecule has 0 unspecified atom stereocenters. The number of fused-ring (bicyclic) bond motifs is 3. The van der Waals surface area contributed by atoms with E-state index in [9.17, 15) is 59.1 Å². The number of carbonyl (C=O) groups excluding carboxylic acids is 7. The molecule has 0 radical (unpaired) electrons. The molecule has 0 saturated carbocycles. The molecular formula is C52H59N5O16. The molecule has 3 aliphatic rings. The Kier molecular flexibility index (Phi) is 16.9. The molecule has 1 fully saturated rings. The van der Waals surface area contributed by atoms with Crippen LogP contribution in [0.3, 0.4) is 0 Å². The highest BCUT2D eigenvalue weighted by Gasteiger charge is 2.50. The predicted octanol–water partition coefficient (Wildman–Crippen LogP) is 2.27. The largest absolute Gasteiger partial charge is 0.507 e. The Labute approximate surface area is 419 Å². The van der Waals surface area contributed by atoms with Gasteiger partial charge in [-0.25, -0.2) is 4.79 Å². The molecular weight excluding hydrogens is 951 g/mol. The number of amides is 4. The number of methoxy groups -OCH3 is 1. The van der Waals surface area contributed by atoms with Gasteiger partial charge >= 0.3 is 6.09 Å². The molecule has 21 nitrogen and oxygen atoms in total. The van der Waals surface area contributed by atoms with Gasteiger partial charge < -0.3 is 71.5 Å². The molecule has 4 aromatic rings. The Morgan fingerprint density at radius 1 is 0.863 bits per heavy atom. The Morgan fingerprint density at radius 3 is 2.25 bits per heavy atom. The first-order valence-corrected chi connectivity index (χ1v) is 23.7. The van der Waals surface area contributed by atoms with E-state index < -0.39 is 132 Å². The molecule has 1 saturated heterocycles. The zero-order valence-corrected chi connectivity index (χ0v) is 40.3. The summed E-state index contributed by atoms with van der Waals surface area (Å²) in [6.07, 6.45) is -6.08. The predicted molar refractivity (Wildman–Crippen MR) is 259 cm³/mol. The van der Waals surface area contributed by atoms with Gasteiger partial charge in [0.1, 0.15) is 54.3 Å². The number of hydrogen-bond acceptors (Lipinski definition) is 17. The van der Waals surface area contributed by atoms with E-state index >= 15 is 0 Å². The first-order valence-electron chi connectivity index (χ1n) is 23.7. The summed E-state index contributed by atoms with van der Waals surface area (Å²) in [5.74, 6) is -5.72. The van der Waals surface area contributed by atoms with E-state index in [4.69, 9.17) is 24.7 Å². The number of alkyl carbamates (subject to hydrolysis) is 1. The van der Waals surface area contributed by atoms with Crippen molar-refractivity contribution in [2.24, 2.45) is 5.73 Å². The van der Waals surface area contributed by atoms with Crippen LogP contribution in [0.5, 0.6) is 17.2 Å². The minimum Gasteiger partial charge on any atom is -0.507 e. The van der Waals surface area contributed by atoms with Gasteiger partial charge in [-0.1, -0.05) is 54.6 Å². The number of aliphatic hydroxyl groups is 3. The summed E-state index contributed by atoms with van der Waals surface area (Å²) < 4.78 is 23.0. The summed E-state index contributed by atoms with van der Waals surface area (Å²) >= 11 is 0. The molecule has 1 aliphatic heterocycles. The Hall–Kier alpha value is -7.27. The smallest absolute Gasteiger partial charge is 0.407 e. The first-order chi connectivity index (χ1) is 34.9. The van der Waals surface area contributed by atoms with Crippen LogP contribution < -0.4 is 31.7 Å². The van der Waals surface area contributed by atoms with Crippen molar-refractivity contribution < 1.29 is 78.0 Å². The van der Waals surface area contributed by atoms with Gasteiger partial charge in [-0.05, 0) is 62.1 Å². The molecule has 0 bridgehead atoms. The van der Waals surface area contributed by atoms with Crippen molar-refractivity contribution >= 4 is 46.9 Å². The Balaban J connectivity index is 1.01. The average Bonchev–Trinajstić information content (AvgIpc) is 3.36. The number of aliphatic hydroxyl groups excluding tert-OH is 2. The van der Waals surface area contributed by atoms with E-state index in [0.29, 0.717) is 30.6 Å². The molecule has 4 aromatic carbocycles. The van der Waals surface area contributed by atoms with Gasteiger partial charge in [0.2, 0.25) is 23.5 Å². The van der Waals surface area contributed by atoms with Crippen molar-refractivity contribution in [1.29, 1.82) is 0 Å². The number of aromatic hydroxyl groups is 2. The van der Waals surface area contributed by atoms with E-state index in [1.165, 1.54) is 39.2 Å². The highest BCUT2D eigenvalue weighted by Crippen LogP contribution is 2.52. The lowest BCUT2D eigenvalue weighted by Gasteiger charge is -2.42. The lowest BCUT2D eigenvalue weighted by Crippen LogP contribution is -2.56. The van der Waals surface area contributed by atoms with E-state index in [1.54, 1.807) is 24.3 Å². The van der Waals surface area contributed by atoms with E-state index in [1.807, 2.05) is 30.3 Å². The van der Waals surface area contributed by atoms with Gasteiger partial charge in [0.25, 0.3) is 0 Å². The van der Waals surface area contributed by atoms with Crippen LogP contribution in [-0.2, 0) is 52.8 Å². The normalized spacial score (nSPS) is 21.8. The number of rotatable bonds is 19. The highest BCUT2D eigenvalue weighted by molar-refractivity contribution is 6.31. The fourth-order valence-electron chi connectivity index (χ4n) is 9.45. The minimum atomic E-state index is -2.40. The van der Waals surface area contributed by atoms with Crippen molar-refractivity contribution in [2.75, 3.05) is 25.6 Å². The summed E-state index contributed by atoms with van der Waals surface area (Å²) in [5.41, 5.74) is 3.07. The third kappa shape index (κ3) is 11.8. The molecule has 11 N–H and O–H groups in total. The van der Waals surface area contributed by atoms with Gasteiger partial charge in [0.05, 0.1) is 42.0 Å². The minimum absolute atomic E-state index is 0.0340. The van der Waals surface area contributed by atoms with Crippen molar-refractivity contribution in [3.63, 3.8) is 0 Å². The van der Waals surface area contributed by atoms with Crippen LogP contribution in [-0.4, -0.2) is 129 Å². The van der Waals surface area contributed by atoms with Gasteiger partial charge in [0, 0.05) is 55.0 Å². The number of phenolic OH excluding ortho intramolecular Hbond substituents is 2. The number of unbranched alkanes of at least 4 members (excludes halogenated alkanes) is 1. The molecule has 73 heavy (non-hydrogen) atoms. The molecule has 8 atom stereocenters. The van der Waals surface area contributed by atoms with Gasteiger partial charge in [-0.3, -0.25) is 28.8 Å². The number of nitrogens with one attached hydrogen (secondary N) is 4. The number of ether oxygens (including phenoxy) is 4. The summed E-state index contributed by atoms with van der Waals surface area (Å²) in [6, 6.07) is 16.8. The lowest BCUT2D eigenvalue weighted by atomic mass is 9.72. The van der Waals surface area contributed by atoms with Crippen molar-refractivity contribution in [2.45, 2.75) is 114 Å². The fourth-order valence-corrected chi connectivity index (χ4v) is 9.45. The second kappa shape index (κ2) is 23.1. The monoisotopic (exact) mass is 1010 g/mol. The van der Waals surface area contributed by atoms with Crippen LogP contribution in [0.15, 0.2) is 72.8 Å². The zero-order chi connectivity index (χ0) is 52.7. The quantitative estimate of drug-likeness (QED) is 0.0419. The number of nitrogens with two attached hydrogens (primary N) is 1. The average molecular weight is 1010 g/mol. The third-order valence-electron chi connectivity index (χ3n) is 13.2. The standard InChI is InChI=1S/C52H59N5O16/c1-26-44(61)34(57-51(68)71-25-29-15-17-30(18-16-29)55-49(66)33(13-7-8-19-53)56-50(67)35(54-27(2)59)20-28-10-5-4-6-11-28)21-39(72-26)73-37-23-52(69,38(60)24-58)22-32-41(37)48(65)43-42(46(32)63)45(62)31-12-9-14-36(70-3)40(31)47(43)64/h4-6,9-12,14-18,26,33-35,37,39,44,58,61,63,65,69H,7-8,13,19-25,53H2,1-3H3,(H,54,59)(H,55,66)(H,56,67)(H,57,68)/t26-,33-,34-,35+,37-,39-,44+,52-/m0/s1. The van der Waals surface area contributed by atoms with Crippen molar-refractivity contribution in [3.8, 4) is 17.2 Å². The molecule has 1 heterocycles. The van der Waals surface area contributed by atoms with Crippen LogP contribution in [0.2, 0.25) is 0 Å². The maximum absolute atomic E-state index is 14.0. The number of carbonyl (C=O) groups is 7. The first kappa shape index (κ1) is 53.5. The summed E-state index contributed by atoms with van der Waals surface area (Å²) in [6.45, 7) is 1.81. The maximum atomic E-state index is 14.0. The number of anilines is 1. The Morgan fingerprint density at radius 2 is 1.58 bits per heavy atom. The molecule has 4 amide bonds. The number of Topliss-reactive ketones (excluding diaryl/α,β-unsaturated/α-hetero) is 1. The molecule has 7 rings (SSSR count). The lowest BCUT2D eigenvalue weighted by molar-refractivity contribution is -0.249. The van der Waals surface area contributed by atoms with Crippen LogP contribution in [0.4, 0.5) is 10.5 Å². The third-order valence-corrected chi connectivity index (χ3v) is 13.2. The topological polar surface area (TPSA) is 332 Å². The highest BCUT2D eigenvalue weighted by atomic mass is 16.7. The van der Waals surface area contributed by atoms with Gasteiger partial charge in [-0.15, -0.1) is 0 Å². The van der Waals surface area contributed by atoms with Crippen LogP contribution >= 0.6 is 0 Å². The maximum Gasteiger partial charge on any atom is 0.407 e. The SMILES string of the molecule is COc1cccc2c1C(=O)c1c(O)c3c(c(O)c1C2=O)C[C@@](O)(C(=O)CO)C[C@@H]3O[C@H]1C[C@H](NC(=O)OCc2ccc(NC(=O)[C@H](CCCCN)NC(=O)[C@@H](Cc3ccccc3)NC(C)=O)cc2)[C@H](O)[C@H](C)O1. The number of hydrogen-bond donors (Lipinski definition) is 10. The summed E-state index contributed by atoms with van der Waals surface area (Å²) in [7, 11) is 1.29. The molecule has 388 valence electrons. The van der Waals surface area contributed by atoms with Crippen molar-refractivity contribution in [3.05, 3.63) is 117 Å². The summed E-state index contributed by atoms with van der Waals surface area (Å²) in [4.78, 5) is 93.2. The van der Waals surface area contributed by atoms with Gasteiger partial charge in [0.15, 0.2) is 17.9 Å². The molecule has 21 heteroatoms. The van der Waals surface area contributed by atoms with E-state index in [2.05, 4.69) is 21.3 Å². The molecule has 0 spiro atoms. The summed E-state index contributed by atoms with van der Waals surface area (Å²) in [5, 5.41) is 66.9. The Bertz CT molecular complexity index is 2750. The van der Waals surface area contributed by atoms with Crippen LogP contribution in [0.25, 0.3) is 0 Å². The zero-order valence-electron chi connectivity index (χ0n) is 40.3. The second-order valence-corrected chi connectivity index (χ2v) is 18.3. The number of phenols is 2. The molecule has 2 aliphatic carbocycles. The van der Waals surface area contributed by atoms with E-state index in [0.717, 1.165) is 5.56 Å².